The van der Waals surface area contributed by atoms with E-state index in [1.165, 1.54) is 200 Å². The third kappa shape index (κ3) is 46.1. The van der Waals surface area contributed by atoms with Gasteiger partial charge in [0.05, 0.1) is 52.6 Å². The number of esters is 4. The summed E-state index contributed by atoms with van der Waals surface area (Å²) in [5.41, 5.74) is 2.11. The van der Waals surface area contributed by atoms with E-state index in [1.807, 2.05) is 6.07 Å². The molecule has 1 rings (SSSR count). The number of hydrogen-bond acceptors (Lipinski definition) is 10. The largest absolute Gasteiger partial charge is 0.469 e. The van der Waals surface area contributed by atoms with Crippen molar-refractivity contribution in [2.45, 2.75) is 291 Å². The summed E-state index contributed by atoms with van der Waals surface area (Å²) in [5, 5.41) is 0. The van der Waals surface area contributed by atoms with Gasteiger partial charge in [0, 0.05) is 39.3 Å². The van der Waals surface area contributed by atoms with Crippen molar-refractivity contribution in [3.8, 4) is 0 Å². The van der Waals surface area contributed by atoms with Crippen LogP contribution in [-0.4, -0.2) is 86.8 Å². The van der Waals surface area contributed by atoms with Crippen LogP contribution in [-0.2, 0) is 51.2 Å². The van der Waals surface area contributed by atoms with Gasteiger partial charge in [-0.15, -0.1) is 0 Å². The van der Waals surface area contributed by atoms with Crippen molar-refractivity contribution in [1.82, 2.24) is 9.80 Å². The standard InChI is InChI=1S/C63H114N2O8/c1-5-8-11-14-17-20-23-26-29-32-35-38-52-71-61(67)45-49-64(48-44-60(66)70-4)56-58-42-41-43-59(55-58)57-65(50-46-62(68)72-53-39-36-33-30-27-24-21-18-15-12-9-6-2)51-47-63(69)73-54-40-37-34-31-28-25-22-19-16-13-10-7-3/h41-43,55H,5-40,44-54,56-57H2,1-4H3. The first-order chi connectivity index (χ1) is 35.8. The fourth-order valence-corrected chi connectivity index (χ4v) is 9.59. The average Bonchev–Trinajstić information content (AvgIpc) is 3.39. The minimum absolute atomic E-state index is 0.203. The topological polar surface area (TPSA) is 112 Å². The molecule has 424 valence electrons. The molecule has 0 bridgehead atoms. The van der Waals surface area contributed by atoms with E-state index in [0.29, 0.717) is 59.1 Å². The zero-order chi connectivity index (χ0) is 52.9. The highest BCUT2D eigenvalue weighted by Crippen LogP contribution is 2.17. The highest BCUT2D eigenvalue weighted by atomic mass is 16.5. The van der Waals surface area contributed by atoms with Crippen molar-refractivity contribution >= 4 is 23.9 Å². The van der Waals surface area contributed by atoms with E-state index in [0.717, 1.165) is 49.7 Å². The first-order valence-electron chi connectivity index (χ1n) is 30.9. The molecule has 10 nitrogen and oxygen atoms in total. The first kappa shape index (κ1) is 68.0. The Morgan fingerprint density at radius 2 is 0.575 bits per heavy atom. The van der Waals surface area contributed by atoms with Crippen molar-refractivity contribution in [3.63, 3.8) is 0 Å². The van der Waals surface area contributed by atoms with Crippen LogP contribution in [0.3, 0.4) is 0 Å². The minimum atomic E-state index is -0.288. The SMILES string of the molecule is CCCCCCCCCCCCCCOC(=O)CCN(CCC(=O)OC)Cc1cccc(CN(CCC(=O)OCCCCCCCCCCCCCC)CCC(=O)OCCCCCCCCCCCCCC)c1. The molecular formula is C63H114N2O8. The van der Waals surface area contributed by atoms with Crippen LogP contribution < -0.4 is 0 Å². The number of unbranched alkanes of at least 4 members (excludes halogenated alkanes) is 33. The monoisotopic (exact) mass is 1030 g/mol. The Kier molecular flexibility index (Phi) is 48.9. The summed E-state index contributed by atoms with van der Waals surface area (Å²) in [6, 6.07) is 8.29. The summed E-state index contributed by atoms with van der Waals surface area (Å²) in [5.74, 6) is -0.907. The van der Waals surface area contributed by atoms with E-state index in [1.54, 1.807) is 0 Å². The second-order valence-electron chi connectivity index (χ2n) is 21.3. The fraction of sp³-hybridized carbons (Fsp3) is 0.841. The van der Waals surface area contributed by atoms with Gasteiger partial charge in [-0.25, -0.2) is 0 Å². The molecule has 1 aromatic carbocycles. The number of hydrogen-bond donors (Lipinski definition) is 0. The normalized spacial score (nSPS) is 11.4. The minimum Gasteiger partial charge on any atom is -0.469 e. The number of benzene rings is 1. The molecule has 73 heavy (non-hydrogen) atoms. The van der Waals surface area contributed by atoms with Gasteiger partial charge >= 0.3 is 23.9 Å². The Labute approximate surface area is 449 Å². The molecular weight excluding hydrogens is 913 g/mol. The summed E-state index contributed by atoms with van der Waals surface area (Å²) in [6.45, 7) is 11.1. The lowest BCUT2D eigenvalue weighted by molar-refractivity contribution is -0.145. The Balaban J connectivity index is 2.67. The van der Waals surface area contributed by atoms with E-state index in [-0.39, 0.29) is 49.6 Å². The average molecular weight is 1030 g/mol. The number of carbonyl (C=O) groups excluding carboxylic acids is 4. The molecule has 0 spiro atoms. The highest BCUT2D eigenvalue weighted by Gasteiger charge is 2.16. The van der Waals surface area contributed by atoms with Crippen molar-refractivity contribution in [2.75, 3.05) is 53.1 Å². The van der Waals surface area contributed by atoms with E-state index < -0.39 is 0 Å². The first-order valence-corrected chi connectivity index (χ1v) is 30.9. The Morgan fingerprint density at radius 3 is 0.822 bits per heavy atom. The van der Waals surface area contributed by atoms with E-state index >= 15 is 0 Å². The summed E-state index contributed by atoms with van der Waals surface area (Å²) in [6.07, 6.45) is 46.4. The van der Waals surface area contributed by atoms with Gasteiger partial charge in [0.15, 0.2) is 0 Å². The third-order valence-corrected chi connectivity index (χ3v) is 14.3. The molecule has 0 unspecified atom stereocenters. The van der Waals surface area contributed by atoms with E-state index in [9.17, 15) is 19.2 Å². The Hall–Kier alpha value is -2.98. The van der Waals surface area contributed by atoms with E-state index in [4.69, 9.17) is 18.9 Å². The van der Waals surface area contributed by atoms with Crippen LogP contribution in [0.15, 0.2) is 24.3 Å². The fourth-order valence-electron chi connectivity index (χ4n) is 9.59. The van der Waals surface area contributed by atoms with Crippen LogP contribution in [0, 0.1) is 0 Å². The maximum Gasteiger partial charge on any atom is 0.307 e. The zero-order valence-electron chi connectivity index (χ0n) is 48.1. The van der Waals surface area contributed by atoms with Gasteiger partial charge in [-0.05, 0) is 30.4 Å². The van der Waals surface area contributed by atoms with Gasteiger partial charge in [0.1, 0.15) is 0 Å². The molecule has 0 saturated carbocycles. The highest BCUT2D eigenvalue weighted by molar-refractivity contribution is 5.71. The molecule has 0 aliphatic heterocycles. The molecule has 0 atom stereocenters. The summed E-state index contributed by atoms with van der Waals surface area (Å²) in [4.78, 5) is 55.2. The number of carbonyl (C=O) groups is 4. The van der Waals surface area contributed by atoms with Gasteiger partial charge in [-0.2, -0.15) is 0 Å². The van der Waals surface area contributed by atoms with Crippen molar-refractivity contribution in [1.29, 1.82) is 0 Å². The number of nitrogens with zero attached hydrogens (tertiary/aromatic N) is 2. The van der Waals surface area contributed by atoms with Crippen molar-refractivity contribution in [3.05, 3.63) is 35.4 Å². The van der Waals surface area contributed by atoms with Gasteiger partial charge < -0.3 is 18.9 Å². The number of rotatable bonds is 55. The number of ether oxygens (including phenoxy) is 4. The Bertz CT molecular complexity index is 1380. The smallest absolute Gasteiger partial charge is 0.307 e. The predicted molar refractivity (Wildman–Crippen MR) is 304 cm³/mol. The van der Waals surface area contributed by atoms with Crippen LogP contribution in [0.1, 0.15) is 289 Å². The van der Waals surface area contributed by atoms with Gasteiger partial charge in [-0.3, -0.25) is 29.0 Å². The number of methoxy groups -OCH3 is 1. The van der Waals surface area contributed by atoms with Crippen LogP contribution in [0.25, 0.3) is 0 Å². The summed E-state index contributed by atoms with van der Waals surface area (Å²) in [7, 11) is 1.40. The molecule has 0 N–H and O–H groups in total. The maximum atomic E-state index is 13.0. The van der Waals surface area contributed by atoms with Gasteiger partial charge in [-0.1, -0.05) is 257 Å². The summed E-state index contributed by atoms with van der Waals surface area (Å²) < 4.78 is 21.9. The second kappa shape index (κ2) is 52.5. The van der Waals surface area contributed by atoms with Crippen molar-refractivity contribution in [2.24, 2.45) is 0 Å². The molecule has 0 aliphatic rings. The second-order valence-corrected chi connectivity index (χ2v) is 21.3. The van der Waals surface area contributed by atoms with Gasteiger partial charge in [0.2, 0.25) is 0 Å². The van der Waals surface area contributed by atoms with E-state index in [2.05, 4.69) is 48.8 Å². The zero-order valence-corrected chi connectivity index (χ0v) is 48.1. The molecule has 0 saturated heterocycles. The molecule has 0 fully saturated rings. The van der Waals surface area contributed by atoms with Crippen LogP contribution in [0.4, 0.5) is 0 Å². The lowest BCUT2D eigenvalue weighted by atomic mass is 10.1. The predicted octanol–water partition coefficient (Wildman–Crippen LogP) is 16.8. The maximum absolute atomic E-state index is 13.0. The molecule has 0 heterocycles. The lowest BCUT2D eigenvalue weighted by Gasteiger charge is -2.24. The summed E-state index contributed by atoms with van der Waals surface area (Å²) >= 11 is 0. The molecule has 1 aromatic rings. The van der Waals surface area contributed by atoms with Gasteiger partial charge in [0.25, 0.3) is 0 Å². The lowest BCUT2D eigenvalue weighted by Crippen LogP contribution is -2.30. The quantitative estimate of drug-likeness (QED) is 0.0355. The third-order valence-electron chi connectivity index (χ3n) is 14.3. The van der Waals surface area contributed by atoms with Crippen molar-refractivity contribution < 1.29 is 38.1 Å². The molecule has 0 aliphatic carbocycles. The molecule has 0 aromatic heterocycles. The molecule has 10 heteroatoms. The van der Waals surface area contributed by atoms with Crippen LogP contribution >= 0.6 is 0 Å². The molecule has 0 amide bonds. The van der Waals surface area contributed by atoms with Crippen LogP contribution in [0.2, 0.25) is 0 Å². The molecule has 0 radical (unpaired) electrons. The Morgan fingerprint density at radius 1 is 0.342 bits per heavy atom. The van der Waals surface area contributed by atoms with Crippen LogP contribution in [0.5, 0.6) is 0 Å².